The van der Waals surface area contributed by atoms with Crippen molar-refractivity contribution in [2.45, 2.75) is 24.8 Å². The molecular weight excluding hydrogens is 344 g/mol. The van der Waals surface area contributed by atoms with Gasteiger partial charge in [0.15, 0.2) is 5.17 Å². The summed E-state index contributed by atoms with van der Waals surface area (Å²) in [4.78, 5) is 32.1. The van der Waals surface area contributed by atoms with Crippen molar-refractivity contribution in [1.82, 2.24) is 4.90 Å². The van der Waals surface area contributed by atoms with Gasteiger partial charge in [-0.2, -0.15) is 0 Å². The lowest BCUT2D eigenvalue weighted by Crippen LogP contribution is -2.39. The number of fused-ring (bicyclic) bond motifs is 1. The van der Waals surface area contributed by atoms with E-state index in [-0.39, 0.29) is 12.5 Å². The maximum absolute atomic E-state index is 12.5. The van der Waals surface area contributed by atoms with Gasteiger partial charge < -0.3 is 4.74 Å². The molecule has 0 aromatic heterocycles. The largest absolute Gasteiger partial charge is 0.463 e. The number of benzene rings is 1. The minimum absolute atomic E-state index is 0.0352. The SMILES string of the molecule is CCOC(=O)C1=C(C)N=C2SCC(=O)N2[C@@H]1c1ccc(SC)cc1. The first-order valence-corrected chi connectivity index (χ1v) is 9.83. The number of allylic oxidation sites excluding steroid dienone is 1. The Morgan fingerprint density at radius 1 is 1.42 bits per heavy atom. The number of hydrogen-bond acceptors (Lipinski definition) is 6. The molecule has 0 aliphatic carbocycles. The summed E-state index contributed by atoms with van der Waals surface area (Å²) >= 11 is 3.06. The summed E-state index contributed by atoms with van der Waals surface area (Å²) in [5.74, 6) is -0.102. The second-order valence-electron chi connectivity index (χ2n) is 5.34. The molecule has 0 radical (unpaired) electrons. The van der Waals surface area contributed by atoms with Crippen molar-refractivity contribution in [3.63, 3.8) is 0 Å². The Labute approximate surface area is 149 Å². The predicted octanol–water partition coefficient (Wildman–Crippen LogP) is 3.23. The van der Waals surface area contributed by atoms with Crippen molar-refractivity contribution in [1.29, 1.82) is 0 Å². The maximum Gasteiger partial charge on any atom is 0.338 e. The number of rotatable bonds is 4. The van der Waals surface area contributed by atoms with Crippen molar-refractivity contribution in [3.05, 3.63) is 41.1 Å². The third-order valence-electron chi connectivity index (χ3n) is 3.91. The van der Waals surface area contributed by atoms with Gasteiger partial charge in [-0.3, -0.25) is 9.69 Å². The number of carbonyl (C=O) groups excluding carboxylic acids is 2. The van der Waals surface area contributed by atoms with E-state index in [2.05, 4.69) is 4.99 Å². The molecule has 2 aliphatic heterocycles. The predicted molar refractivity (Wildman–Crippen MR) is 97.0 cm³/mol. The summed E-state index contributed by atoms with van der Waals surface area (Å²) < 4.78 is 5.22. The minimum Gasteiger partial charge on any atom is -0.463 e. The van der Waals surface area contributed by atoms with Crippen LogP contribution in [0.4, 0.5) is 0 Å². The van der Waals surface area contributed by atoms with E-state index in [0.717, 1.165) is 10.5 Å². The first kappa shape index (κ1) is 17.1. The fourth-order valence-corrected chi connectivity index (χ4v) is 4.16. The molecule has 24 heavy (non-hydrogen) atoms. The number of esters is 1. The summed E-state index contributed by atoms with van der Waals surface area (Å²) in [6.07, 6.45) is 2.01. The van der Waals surface area contributed by atoms with Gasteiger partial charge >= 0.3 is 5.97 Å². The van der Waals surface area contributed by atoms with Gasteiger partial charge in [0.1, 0.15) is 0 Å². The number of amides is 1. The number of ether oxygens (including phenoxy) is 1. The van der Waals surface area contributed by atoms with Crippen LogP contribution in [0.2, 0.25) is 0 Å². The van der Waals surface area contributed by atoms with Crippen molar-refractivity contribution < 1.29 is 14.3 Å². The normalized spacial score (nSPS) is 20.1. The molecule has 2 aliphatic rings. The average Bonchev–Trinajstić information content (AvgIpc) is 2.94. The van der Waals surface area contributed by atoms with E-state index in [1.807, 2.05) is 30.5 Å². The maximum atomic E-state index is 12.5. The molecule has 0 bridgehead atoms. The molecule has 1 amide bonds. The van der Waals surface area contributed by atoms with E-state index in [1.54, 1.807) is 30.5 Å². The first-order valence-electron chi connectivity index (χ1n) is 7.62. The van der Waals surface area contributed by atoms with Crippen molar-refractivity contribution in [3.8, 4) is 0 Å². The van der Waals surface area contributed by atoms with Crippen LogP contribution in [0.3, 0.4) is 0 Å². The van der Waals surface area contributed by atoms with E-state index < -0.39 is 12.0 Å². The average molecular weight is 362 g/mol. The Hall–Kier alpha value is -1.73. The van der Waals surface area contributed by atoms with Crippen LogP contribution in [0.15, 0.2) is 45.4 Å². The van der Waals surface area contributed by atoms with Crippen LogP contribution in [0.5, 0.6) is 0 Å². The molecule has 1 fully saturated rings. The van der Waals surface area contributed by atoms with Crippen LogP contribution in [-0.4, -0.2) is 40.6 Å². The third kappa shape index (κ3) is 2.98. The molecule has 126 valence electrons. The third-order valence-corrected chi connectivity index (χ3v) is 5.59. The highest BCUT2D eigenvalue weighted by Gasteiger charge is 2.43. The zero-order valence-electron chi connectivity index (χ0n) is 13.7. The fourth-order valence-electron chi connectivity index (χ4n) is 2.81. The molecule has 1 atom stereocenters. The summed E-state index contributed by atoms with van der Waals surface area (Å²) in [7, 11) is 0. The quantitative estimate of drug-likeness (QED) is 0.608. The Morgan fingerprint density at radius 3 is 2.75 bits per heavy atom. The van der Waals surface area contributed by atoms with Gasteiger partial charge in [-0.25, -0.2) is 9.79 Å². The second kappa shape index (κ2) is 7.03. The highest BCUT2D eigenvalue weighted by molar-refractivity contribution is 8.15. The molecule has 2 heterocycles. The molecule has 0 spiro atoms. The molecule has 1 aromatic rings. The van der Waals surface area contributed by atoms with Gasteiger partial charge in [0.25, 0.3) is 0 Å². The smallest absolute Gasteiger partial charge is 0.338 e. The molecule has 5 nitrogen and oxygen atoms in total. The van der Waals surface area contributed by atoms with Crippen molar-refractivity contribution >= 4 is 40.6 Å². The molecule has 0 N–H and O–H groups in total. The Bertz CT molecular complexity index is 741. The molecule has 0 unspecified atom stereocenters. The van der Waals surface area contributed by atoms with Gasteiger partial charge in [-0.05, 0) is 37.8 Å². The number of thioether (sulfide) groups is 2. The zero-order chi connectivity index (χ0) is 17.3. The number of nitrogens with zero attached hydrogens (tertiary/aromatic N) is 2. The van der Waals surface area contributed by atoms with Gasteiger partial charge in [-0.15, -0.1) is 11.8 Å². The van der Waals surface area contributed by atoms with Crippen LogP contribution in [0.1, 0.15) is 25.5 Å². The zero-order valence-corrected chi connectivity index (χ0v) is 15.4. The van der Waals surface area contributed by atoms with E-state index in [0.29, 0.717) is 22.2 Å². The minimum atomic E-state index is -0.477. The van der Waals surface area contributed by atoms with Crippen molar-refractivity contribution in [2.24, 2.45) is 4.99 Å². The van der Waals surface area contributed by atoms with Crippen LogP contribution >= 0.6 is 23.5 Å². The van der Waals surface area contributed by atoms with E-state index in [4.69, 9.17) is 4.74 Å². The first-order chi connectivity index (χ1) is 11.6. The fraction of sp³-hybridized carbons (Fsp3) is 0.353. The van der Waals surface area contributed by atoms with Gasteiger partial charge in [0.2, 0.25) is 5.91 Å². The monoisotopic (exact) mass is 362 g/mol. The summed E-state index contributed by atoms with van der Waals surface area (Å²) in [5.41, 5.74) is 1.94. The van der Waals surface area contributed by atoms with Gasteiger partial charge in [0.05, 0.1) is 29.7 Å². The number of amidine groups is 1. The number of carbonyl (C=O) groups is 2. The van der Waals surface area contributed by atoms with Crippen molar-refractivity contribution in [2.75, 3.05) is 18.6 Å². The second-order valence-corrected chi connectivity index (χ2v) is 7.16. The Morgan fingerprint density at radius 2 is 2.12 bits per heavy atom. The summed E-state index contributed by atoms with van der Waals surface area (Å²) in [5, 5.41) is 0.657. The topological polar surface area (TPSA) is 59.0 Å². The van der Waals surface area contributed by atoms with E-state index in [9.17, 15) is 9.59 Å². The molecule has 1 aromatic carbocycles. The van der Waals surface area contributed by atoms with Crippen LogP contribution in [-0.2, 0) is 14.3 Å². The van der Waals surface area contributed by atoms with Crippen LogP contribution < -0.4 is 0 Å². The van der Waals surface area contributed by atoms with Gasteiger partial charge in [-0.1, -0.05) is 23.9 Å². The standard InChI is InChI=1S/C17H18N2O3S2/c1-4-22-16(21)14-10(2)18-17-19(13(20)9-24-17)15(14)11-5-7-12(23-3)8-6-11/h5-8,15H,4,9H2,1-3H3/t15-/m1/s1. The highest BCUT2D eigenvalue weighted by atomic mass is 32.2. The highest BCUT2D eigenvalue weighted by Crippen LogP contribution is 2.41. The van der Waals surface area contributed by atoms with Gasteiger partial charge in [0, 0.05) is 4.90 Å². The molecular formula is C17H18N2O3S2. The lowest BCUT2D eigenvalue weighted by atomic mass is 9.94. The van der Waals surface area contributed by atoms with Crippen LogP contribution in [0.25, 0.3) is 0 Å². The molecule has 7 heteroatoms. The molecule has 3 rings (SSSR count). The summed E-state index contributed by atoms with van der Waals surface area (Å²) in [6.45, 7) is 3.85. The number of hydrogen-bond donors (Lipinski definition) is 0. The number of aliphatic imine (C=N–C) groups is 1. The Balaban J connectivity index is 2.10. The lowest BCUT2D eigenvalue weighted by molar-refractivity contribution is -0.139. The lowest BCUT2D eigenvalue weighted by Gasteiger charge is -2.32. The molecule has 0 saturated carbocycles. The molecule has 1 saturated heterocycles. The van der Waals surface area contributed by atoms with E-state index in [1.165, 1.54) is 11.8 Å². The van der Waals surface area contributed by atoms with Crippen LogP contribution in [0, 0.1) is 0 Å². The van der Waals surface area contributed by atoms with E-state index >= 15 is 0 Å². The Kier molecular flexibility index (Phi) is 5.01. The summed E-state index contributed by atoms with van der Waals surface area (Å²) in [6, 6.07) is 7.44.